The van der Waals surface area contributed by atoms with Gasteiger partial charge in [0.15, 0.2) is 0 Å². The van der Waals surface area contributed by atoms with Gasteiger partial charge in [-0.2, -0.15) is 0 Å². The second kappa shape index (κ2) is 7.27. The lowest BCUT2D eigenvalue weighted by atomic mass is 9.81. The minimum atomic E-state index is -1.28. The molecule has 2 aliphatic rings. The van der Waals surface area contributed by atoms with Crippen LogP contribution >= 0.6 is 11.6 Å². The van der Waals surface area contributed by atoms with E-state index in [4.69, 9.17) is 16.7 Å². The zero-order valence-corrected chi connectivity index (χ0v) is 14.3. The van der Waals surface area contributed by atoms with Crippen molar-refractivity contribution in [2.75, 3.05) is 6.54 Å². The molecule has 0 saturated heterocycles. The number of halogens is 1. The van der Waals surface area contributed by atoms with Gasteiger partial charge in [0.1, 0.15) is 5.70 Å². The summed E-state index contributed by atoms with van der Waals surface area (Å²) in [6, 6.07) is 5.96. The number of hydrogen-bond donors (Lipinski definition) is 2. The highest BCUT2D eigenvalue weighted by Crippen LogP contribution is 2.33. The molecule has 25 heavy (non-hydrogen) atoms. The molecule has 1 aromatic rings. The van der Waals surface area contributed by atoms with Crippen LogP contribution in [-0.4, -0.2) is 46.0 Å². The fourth-order valence-corrected chi connectivity index (χ4v) is 3.85. The highest BCUT2D eigenvalue weighted by molar-refractivity contribution is 6.31. The van der Waals surface area contributed by atoms with Crippen LogP contribution in [0, 0.1) is 5.92 Å². The van der Waals surface area contributed by atoms with Gasteiger partial charge >= 0.3 is 11.9 Å². The number of benzene rings is 1. The molecule has 0 radical (unpaired) electrons. The first-order valence-corrected chi connectivity index (χ1v) is 8.56. The number of carboxylic acids is 2. The third-order valence-electron chi connectivity index (χ3n) is 4.75. The van der Waals surface area contributed by atoms with E-state index in [9.17, 15) is 14.7 Å². The predicted molar refractivity (Wildman–Crippen MR) is 93.9 cm³/mol. The van der Waals surface area contributed by atoms with Crippen LogP contribution in [0.1, 0.15) is 24.0 Å². The van der Waals surface area contributed by atoms with E-state index in [0.29, 0.717) is 18.5 Å². The van der Waals surface area contributed by atoms with Gasteiger partial charge in [0.25, 0.3) is 0 Å². The largest absolute Gasteiger partial charge is 0.478 e. The molecule has 132 valence electrons. The molecule has 6 nitrogen and oxygen atoms in total. The fraction of sp³-hybridized carbons (Fsp3) is 0.389. The fourth-order valence-electron chi connectivity index (χ4n) is 3.58. The van der Waals surface area contributed by atoms with E-state index in [1.54, 1.807) is 0 Å². The number of carboxylic acid groups (broad SMARTS) is 2. The van der Waals surface area contributed by atoms with Crippen molar-refractivity contribution in [3.05, 3.63) is 46.1 Å². The first kappa shape index (κ1) is 17.5. The van der Waals surface area contributed by atoms with Gasteiger partial charge < -0.3 is 15.1 Å². The molecule has 0 amide bonds. The van der Waals surface area contributed by atoms with Gasteiger partial charge in [-0.3, -0.25) is 4.99 Å². The molecule has 1 heterocycles. The third-order valence-corrected chi connectivity index (χ3v) is 5.10. The van der Waals surface area contributed by atoms with Crippen LogP contribution in [0.15, 0.2) is 35.0 Å². The molecular formula is C18H19ClN2O4. The molecule has 0 fully saturated rings. The van der Waals surface area contributed by atoms with Gasteiger partial charge in [-0.15, -0.1) is 0 Å². The number of rotatable bonds is 5. The minimum Gasteiger partial charge on any atom is -0.478 e. The van der Waals surface area contributed by atoms with Crippen LogP contribution in [0.4, 0.5) is 0 Å². The van der Waals surface area contributed by atoms with E-state index in [-0.39, 0.29) is 11.7 Å². The lowest BCUT2D eigenvalue weighted by Crippen LogP contribution is -2.29. The summed E-state index contributed by atoms with van der Waals surface area (Å²) in [7, 11) is 0. The number of carbonyl (C=O) groups is 2. The average molecular weight is 363 g/mol. The van der Waals surface area contributed by atoms with Crippen LogP contribution in [-0.2, 0) is 22.4 Å². The Labute approximate surface area is 150 Å². The normalized spacial score (nSPS) is 22.8. The summed E-state index contributed by atoms with van der Waals surface area (Å²) in [6.07, 6.45) is 5.90. The monoisotopic (exact) mass is 362 g/mol. The second-order valence-electron chi connectivity index (χ2n) is 6.47. The zero-order chi connectivity index (χ0) is 18.0. The summed E-state index contributed by atoms with van der Waals surface area (Å²) in [5.41, 5.74) is 2.24. The molecule has 1 aromatic carbocycles. The van der Waals surface area contributed by atoms with E-state index < -0.39 is 11.9 Å². The molecule has 0 bridgehead atoms. The Balaban J connectivity index is 1.63. The van der Waals surface area contributed by atoms with Crippen molar-refractivity contribution in [3.63, 3.8) is 0 Å². The molecular weight excluding hydrogens is 344 g/mol. The Hall–Kier alpha value is -2.34. The van der Waals surface area contributed by atoms with Gasteiger partial charge in [-0.05, 0) is 48.8 Å². The van der Waals surface area contributed by atoms with Gasteiger partial charge in [0.05, 0.1) is 18.5 Å². The van der Waals surface area contributed by atoms with Crippen LogP contribution in [0.5, 0.6) is 0 Å². The first-order valence-electron chi connectivity index (χ1n) is 8.18. The maximum atomic E-state index is 11.2. The van der Waals surface area contributed by atoms with E-state index in [2.05, 4.69) is 11.1 Å². The number of aliphatic imine (C=N–C) groups is 1. The average Bonchev–Trinajstić information content (AvgIpc) is 3.01. The van der Waals surface area contributed by atoms with Crippen LogP contribution in [0.2, 0.25) is 5.02 Å². The van der Waals surface area contributed by atoms with Gasteiger partial charge in [0, 0.05) is 11.6 Å². The smallest absolute Gasteiger partial charge is 0.352 e. The van der Waals surface area contributed by atoms with Crippen molar-refractivity contribution in [2.24, 2.45) is 10.9 Å². The van der Waals surface area contributed by atoms with E-state index >= 15 is 0 Å². The summed E-state index contributed by atoms with van der Waals surface area (Å²) in [6.45, 7) is 0.386. The Bertz CT molecular complexity index is 759. The van der Waals surface area contributed by atoms with Gasteiger partial charge in [-0.1, -0.05) is 23.7 Å². The topological polar surface area (TPSA) is 90.2 Å². The predicted octanol–water partition coefficient (Wildman–Crippen LogP) is 2.60. The molecule has 0 aromatic heterocycles. The molecule has 1 aliphatic heterocycles. The molecule has 2 unspecified atom stereocenters. The number of fused-ring (bicyclic) bond motifs is 1. The molecule has 7 heteroatoms. The minimum absolute atomic E-state index is 0.0365. The Kier molecular flexibility index (Phi) is 5.08. The number of hydrogen-bond acceptors (Lipinski definition) is 4. The third kappa shape index (κ3) is 4.02. The summed E-state index contributed by atoms with van der Waals surface area (Å²) in [5, 5.41) is 18.8. The summed E-state index contributed by atoms with van der Waals surface area (Å²) in [4.78, 5) is 27.8. The van der Waals surface area contributed by atoms with Crippen LogP contribution in [0.25, 0.3) is 0 Å². The van der Waals surface area contributed by atoms with Crippen molar-refractivity contribution in [1.29, 1.82) is 0 Å². The van der Waals surface area contributed by atoms with Gasteiger partial charge in [0.2, 0.25) is 0 Å². The standard InChI is InChI=1S/C18H19ClN2O4/c19-15-3-1-2-12-5-4-11(7-14(12)15)6-13-9-21(10-20-13)16(18(24)25)8-17(22)23/h1-3,8,10-11,13H,4-7,9H2,(H,22,23)(H,24,25)/b16-8+. The molecule has 0 spiro atoms. The molecule has 1 aliphatic carbocycles. The van der Waals surface area contributed by atoms with Crippen LogP contribution < -0.4 is 0 Å². The van der Waals surface area contributed by atoms with Crippen LogP contribution in [0.3, 0.4) is 0 Å². The van der Waals surface area contributed by atoms with Crippen molar-refractivity contribution in [1.82, 2.24) is 4.90 Å². The van der Waals surface area contributed by atoms with Crippen molar-refractivity contribution < 1.29 is 19.8 Å². The van der Waals surface area contributed by atoms with E-state index in [0.717, 1.165) is 30.7 Å². The lowest BCUT2D eigenvalue weighted by molar-refractivity contribution is -0.136. The maximum Gasteiger partial charge on any atom is 0.352 e. The highest BCUT2D eigenvalue weighted by atomic mass is 35.5. The molecule has 0 saturated carbocycles. The highest BCUT2D eigenvalue weighted by Gasteiger charge is 2.28. The molecule has 2 atom stereocenters. The van der Waals surface area contributed by atoms with E-state index in [1.165, 1.54) is 22.4 Å². The van der Waals surface area contributed by atoms with E-state index in [1.807, 2.05) is 12.1 Å². The zero-order valence-electron chi connectivity index (χ0n) is 13.6. The number of aliphatic carboxylic acids is 2. The second-order valence-corrected chi connectivity index (χ2v) is 6.87. The maximum absolute atomic E-state index is 11.2. The lowest BCUT2D eigenvalue weighted by Gasteiger charge is -2.27. The quantitative estimate of drug-likeness (QED) is 0.786. The van der Waals surface area contributed by atoms with Crippen molar-refractivity contribution in [2.45, 2.75) is 31.7 Å². The van der Waals surface area contributed by atoms with Gasteiger partial charge in [-0.25, -0.2) is 9.59 Å². The van der Waals surface area contributed by atoms with Crippen molar-refractivity contribution in [3.8, 4) is 0 Å². The number of aryl methyl sites for hydroxylation is 1. The summed E-state index contributed by atoms with van der Waals surface area (Å²) >= 11 is 6.31. The summed E-state index contributed by atoms with van der Waals surface area (Å²) < 4.78 is 0. The Morgan fingerprint density at radius 3 is 2.88 bits per heavy atom. The number of nitrogens with zero attached hydrogens (tertiary/aromatic N) is 2. The SMILES string of the molecule is O=C(O)/C=C(\C(=O)O)N1C=NC(CC2CCc3cccc(Cl)c3C2)C1. The molecule has 2 N–H and O–H groups in total. The Morgan fingerprint density at radius 1 is 1.36 bits per heavy atom. The molecule has 3 rings (SSSR count). The Morgan fingerprint density at radius 2 is 2.16 bits per heavy atom. The summed E-state index contributed by atoms with van der Waals surface area (Å²) in [5.74, 6) is -2.12. The first-order chi connectivity index (χ1) is 11.9. The van der Waals surface area contributed by atoms with Crippen molar-refractivity contribution >= 4 is 29.9 Å².